The van der Waals surface area contributed by atoms with Gasteiger partial charge in [0.25, 0.3) is 5.91 Å². The summed E-state index contributed by atoms with van der Waals surface area (Å²) in [6.45, 7) is 1.86. The first-order chi connectivity index (χ1) is 12.1. The molecule has 2 aromatic carbocycles. The normalized spacial score (nSPS) is 20.2. The second-order valence-corrected chi connectivity index (χ2v) is 5.66. The summed E-state index contributed by atoms with van der Waals surface area (Å²) in [6, 6.07) is 15.9. The van der Waals surface area contributed by atoms with E-state index in [0.29, 0.717) is 17.7 Å². The molecule has 1 atom stereocenters. The van der Waals surface area contributed by atoms with Crippen molar-refractivity contribution in [3.05, 3.63) is 65.7 Å². The van der Waals surface area contributed by atoms with Gasteiger partial charge in [-0.2, -0.15) is 5.10 Å². The predicted molar refractivity (Wildman–Crippen MR) is 94.4 cm³/mol. The minimum absolute atomic E-state index is 0.391. The van der Waals surface area contributed by atoms with Crippen molar-refractivity contribution in [1.29, 1.82) is 0 Å². The second-order valence-electron chi connectivity index (χ2n) is 5.66. The van der Waals surface area contributed by atoms with Crippen molar-refractivity contribution in [1.82, 2.24) is 10.3 Å². The molecule has 0 bridgehead atoms. The number of carbonyl (C=O) groups is 2. The van der Waals surface area contributed by atoms with E-state index in [1.165, 1.54) is 6.21 Å². The number of amides is 3. The molecule has 128 valence electrons. The van der Waals surface area contributed by atoms with Crippen LogP contribution in [-0.2, 0) is 10.3 Å². The van der Waals surface area contributed by atoms with Crippen LogP contribution in [0, 0.1) is 0 Å². The number of carbonyl (C=O) groups excluding carboxylic acids is 2. The summed E-state index contributed by atoms with van der Waals surface area (Å²) in [5.41, 5.74) is 0.335. The van der Waals surface area contributed by atoms with Gasteiger partial charge in [0.2, 0.25) is 0 Å². The Morgan fingerprint density at radius 3 is 2.48 bits per heavy atom. The van der Waals surface area contributed by atoms with E-state index in [9.17, 15) is 9.59 Å². The lowest BCUT2D eigenvalue weighted by atomic mass is 9.87. The van der Waals surface area contributed by atoms with Crippen LogP contribution in [0.25, 0.3) is 0 Å². The standard InChI is InChI=1S/C19H19N3O3/c1-3-19(15-10-5-4-6-11-15)17(23)22(18(24)21-19)20-13-14-9-7-8-12-16(14)25-2/h4-13H,3H2,1-2H3,(H,21,24)/b20-13-/t19-/m0/s1. The van der Waals surface area contributed by atoms with Gasteiger partial charge in [0.15, 0.2) is 0 Å². The van der Waals surface area contributed by atoms with Gasteiger partial charge in [-0.1, -0.05) is 49.4 Å². The number of nitrogens with zero attached hydrogens (tertiary/aromatic N) is 2. The zero-order chi connectivity index (χ0) is 17.9. The summed E-state index contributed by atoms with van der Waals surface area (Å²) in [6.07, 6.45) is 1.88. The molecule has 6 heteroatoms. The minimum atomic E-state index is -1.09. The van der Waals surface area contributed by atoms with Crippen LogP contribution in [0.5, 0.6) is 5.75 Å². The average Bonchev–Trinajstić information content (AvgIpc) is 2.91. The Hall–Kier alpha value is -3.15. The van der Waals surface area contributed by atoms with E-state index in [1.807, 2.05) is 49.4 Å². The van der Waals surface area contributed by atoms with Crippen LogP contribution in [-0.4, -0.2) is 30.3 Å². The summed E-state index contributed by atoms with van der Waals surface area (Å²) in [4.78, 5) is 25.3. The number of rotatable bonds is 5. The molecule has 2 aromatic rings. The number of imide groups is 1. The predicted octanol–water partition coefficient (Wildman–Crippen LogP) is 2.89. The highest BCUT2D eigenvalue weighted by Gasteiger charge is 2.51. The zero-order valence-corrected chi connectivity index (χ0v) is 14.1. The minimum Gasteiger partial charge on any atom is -0.496 e. The van der Waals surface area contributed by atoms with E-state index in [1.54, 1.807) is 19.2 Å². The van der Waals surface area contributed by atoms with Crippen molar-refractivity contribution in [2.24, 2.45) is 5.10 Å². The van der Waals surface area contributed by atoms with Crippen molar-refractivity contribution < 1.29 is 14.3 Å². The molecule has 1 aliphatic rings. The summed E-state index contributed by atoms with van der Waals surface area (Å²) in [5, 5.41) is 7.77. The smallest absolute Gasteiger partial charge is 0.346 e. The van der Waals surface area contributed by atoms with Gasteiger partial charge in [-0.05, 0) is 24.1 Å². The molecule has 0 aliphatic carbocycles. The molecule has 0 aromatic heterocycles. The molecular formula is C19H19N3O3. The van der Waals surface area contributed by atoms with Gasteiger partial charge < -0.3 is 10.1 Å². The number of urea groups is 1. The summed E-state index contributed by atoms with van der Waals surface area (Å²) in [5.74, 6) is 0.223. The van der Waals surface area contributed by atoms with Crippen LogP contribution in [0.2, 0.25) is 0 Å². The van der Waals surface area contributed by atoms with E-state index in [2.05, 4.69) is 10.4 Å². The molecule has 3 rings (SSSR count). The number of nitrogens with one attached hydrogen (secondary N) is 1. The van der Waals surface area contributed by atoms with E-state index >= 15 is 0 Å². The summed E-state index contributed by atoms with van der Waals surface area (Å²) in [7, 11) is 1.55. The third kappa shape index (κ3) is 2.87. The molecule has 6 nitrogen and oxygen atoms in total. The maximum atomic E-state index is 12.9. The molecule has 0 saturated carbocycles. The molecule has 1 fully saturated rings. The number of para-hydroxylation sites is 1. The van der Waals surface area contributed by atoms with Gasteiger partial charge in [-0.25, -0.2) is 4.79 Å². The maximum Gasteiger partial charge on any atom is 0.346 e. The highest BCUT2D eigenvalue weighted by Crippen LogP contribution is 2.32. The molecule has 3 amide bonds. The van der Waals surface area contributed by atoms with Crippen molar-refractivity contribution in [3.63, 3.8) is 0 Å². The van der Waals surface area contributed by atoms with E-state index in [0.717, 1.165) is 10.6 Å². The monoisotopic (exact) mass is 337 g/mol. The number of hydrogen-bond acceptors (Lipinski definition) is 4. The average molecular weight is 337 g/mol. The fraction of sp³-hybridized carbons (Fsp3) is 0.211. The molecule has 1 aliphatic heterocycles. The first kappa shape index (κ1) is 16.7. The lowest BCUT2D eigenvalue weighted by Crippen LogP contribution is -2.43. The first-order valence-electron chi connectivity index (χ1n) is 8.01. The van der Waals surface area contributed by atoms with Gasteiger partial charge in [0.1, 0.15) is 11.3 Å². The summed E-state index contributed by atoms with van der Waals surface area (Å²) < 4.78 is 5.25. The van der Waals surface area contributed by atoms with Gasteiger partial charge in [-0.3, -0.25) is 4.79 Å². The van der Waals surface area contributed by atoms with Crippen molar-refractivity contribution in [3.8, 4) is 5.75 Å². The highest BCUT2D eigenvalue weighted by atomic mass is 16.5. The van der Waals surface area contributed by atoms with Crippen LogP contribution in [0.3, 0.4) is 0 Å². The van der Waals surface area contributed by atoms with Crippen molar-refractivity contribution in [2.75, 3.05) is 7.11 Å². The lowest BCUT2D eigenvalue weighted by Gasteiger charge is -2.24. The number of hydrazone groups is 1. The van der Waals surface area contributed by atoms with Gasteiger partial charge in [0, 0.05) is 5.56 Å². The van der Waals surface area contributed by atoms with Gasteiger partial charge in [-0.15, -0.1) is 5.01 Å². The van der Waals surface area contributed by atoms with Crippen LogP contribution < -0.4 is 10.1 Å². The Morgan fingerprint density at radius 1 is 1.12 bits per heavy atom. The fourth-order valence-electron chi connectivity index (χ4n) is 2.92. The molecule has 0 unspecified atom stereocenters. The third-order valence-corrected chi connectivity index (χ3v) is 4.32. The first-order valence-corrected chi connectivity index (χ1v) is 8.01. The maximum absolute atomic E-state index is 12.9. The Kier molecular flexibility index (Phi) is 4.52. The molecular weight excluding hydrogens is 318 g/mol. The molecule has 1 heterocycles. The Bertz CT molecular complexity index is 820. The lowest BCUT2D eigenvalue weighted by molar-refractivity contribution is -0.131. The SMILES string of the molecule is CC[C@@]1(c2ccccc2)NC(=O)N(/N=C\c2ccccc2OC)C1=O. The molecule has 25 heavy (non-hydrogen) atoms. The van der Waals surface area contributed by atoms with E-state index in [4.69, 9.17) is 4.74 Å². The van der Waals surface area contributed by atoms with Crippen LogP contribution in [0.1, 0.15) is 24.5 Å². The van der Waals surface area contributed by atoms with Crippen molar-refractivity contribution >= 4 is 18.2 Å². The van der Waals surface area contributed by atoms with Crippen LogP contribution >= 0.6 is 0 Å². The fourth-order valence-corrected chi connectivity index (χ4v) is 2.92. The number of hydrogen-bond donors (Lipinski definition) is 1. The Morgan fingerprint density at radius 2 is 1.80 bits per heavy atom. The Labute approximate surface area is 146 Å². The highest BCUT2D eigenvalue weighted by molar-refractivity contribution is 6.07. The van der Waals surface area contributed by atoms with Crippen LogP contribution in [0.15, 0.2) is 59.7 Å². The largest absolute Gasteiger partial charge is 0.496 e. The molecule has 0 radical (unpaired) electrons. The number of methoxy groups -OCH3 is 1. The zero-order valence-electron chi connectivity index (χ0n) is 14.1. The van der Waals surface area contributed by atoms with E-state index in [-0.39, 0.29) is 0 Å². The van der Waals surface area contributed by atoms with Crippen LogP contribution in [0.4, 0.5) is 4.79 Å². The van der Waals surface area contributed by atoms with E-state index < -0.39 is 17.5 Å². The number of benzene rings is 2. The van der Waals surface area contributed by atoms with Gasteiger partial charge in [0.05, 0.1) is 13.3 Å². The molecule has 0 spiro atoms. The van der Waals surface area contributed by atoms with Crippen molar-refractivity contribution in [2.45, 2.75) is 18.9 Å². The second kappa shape index (κ2) is 6.76. The number of ether oxygens (including phenoxy) is 1. The molecule has 1 N–H and O–H groups in total. The van der Waals surface area contributed by atoms with Gasteiger partial charge >= 0.3 is 6.03 Å². The topological polar surface area (TPSA) is 71.0 Å². The molecule has 1 saturated heterocycles. The third-order valence-electron chi connectivity index (χ3n) is 4.32. The Balaban J connectivity index is 1.93. The summed E-state index contributed by atoms with van der Waals surface area (Å²) >= 11 is 0. The quantitative estimate of drug-likeness (QED) is 0.674.